The number of hydrogen-bond acceptors (Lipinski definition) is 3. The maximum atomic E-state index is 13.3. The minimum absolute atomic E-state index is 0.0215. The van der Waals surface area contributed by atoms with Gasteiger partial charge in [0.25, 0.3) is 5.91 Å². The Hall–Kier alpha value is -0.490. The fourth-order valence-electron chi connectivity index (χ4n) is 1.51. The van der Waals surface area contributed by atoms with Crippen LogP contribution in [0.5, 0.6) is 0 Å². The Morgan fingerprint density at radius 2 is 2.11 bits per heavy atom. The van der Waals surface area contributed by atoms with E-state index >= 15 is 0 Å². The Balaban J connectivity index is 2.87. The molecule has 3 nitrogen and oxygen atoms in total. The zero-order valence-corrected chi connectivity index (χ0v) is 12.7. The van der Waals surface area contributed by atoms with E-state index in [0.29, 0.717) is 0 Å². The van der Waals surface area contributed by atoms with Gasteiger partial charge in [0.05, 0.1) is 22.2 Å². The summed E-state index contributed by atoms with van der Waals surface area (Å²) in [4.78, 5) is 12.0. The predicted octanol–water partition coefficient (Wildman–Crippen LogP) is 2.97. The summed E-state index contributed by atoms with van der Waals surface area (Å²) in [5.41, 5.74) is 0.0215. The van der Waals surface area contributed by atoms with E-state index < -0.39 is 11.7 Å². The molecule has 0 aliphatic carbocycles. The van der Waals surface area contributed by atoms with Crippen LogP contribution >= 0.6 is 35.0 Å². The SMILES string of the molecule is CSC(CO)C(C)NC(=O)c1cc(F)c(Cl)cc1Cl. The van der Waals surface area contributed by atoms with Crippen LogP contribution in [0.15, 0.2) is 12.1 Å². The molecule has 0 aliphatic rings. The molecule has 2 N–H and O–H groups in total. The van der Waals surface area contributed by atoms with Gasteiger partial charge in [-0.05, 0) is 25.3 Å². The van der Waals surface area contributed by atoms with Gasteiger partial charge in [-0.3, -0.25) is 4.79 Å². The molecule has 7 heteroatoms. The first-order valence-electron chi connectivity index (χ1n) is 5.49. The van der Waals surface area contributed by atoms with Crippen LogP contribution in [-0.4, -0.2) is 35.2 Å². The first-order valence-corrected chi connectivity index (χ1v) is 7.54. The lowest BCUT2D eigenvalue weighted by Crippen LogP contribution is -2.41. The summed E-state index contributed by atoms with van der Waals surface area (Å²) < 4.78 is 13.3. The highest BCUT2D eigenvalue weighted by molar-refractivity contribution is 7.99. The molecule has 0 fully saturated rings. The van der Waals surface area contributed by atoms with E-state index in [1.165, 1.54) is 17.8 Å². The van der Waals surface area contributed by atoms with Crippen molar-refractivity contribution < 1.29 is 14.3 Å². The second-order valence-corrected chi connectivity index (χ2v) is 5.86. The number of halogens is 3. The summed E-state index contributed by atoms with van der Waals surface area (Å²) in [5, 5.41) is 11.6. The molecule has 106 valence electrons. The predicted molar refractivity (Wildman–Crippen MR) is 77.7 cm³/mol. The fourth-order valence-corrected chi connectivity index (χ4v) is 2.61. The molecule has 0 bridgehead atoms. The van der Waals surface area contributed by atoms with Gasteiger partial charge in [-0.2, -0.15) is 11.8 Å². The Labute approximate surface area is 125 Å². The van der Waals surface area contributed by atoms with E-state index in [-0.39, 0.29) is 33.5 Å². The first-order chi connectivity index (χ1) is 8.90. The van der Waals surface area contributed by atoms with Crippen LogP contribution in [0.3, 0.4) is 0 Å². The number of rotatable bonds is 5. The van der Waals surface area contributed by atoms with Crippen molar-refractivity contribution in [2.75, 3.05) is 12.9 Å². The zero-order chi connectivity index (χ0) is 14.6. The number of carbonyl (C=O) groups is 1. The van der Waals surface area contributed by atoms with Crippen LogP contribution in [0.25, 0.3) is 0 Å². The summed E-state index contributed by atoms with van der Waals surface area (Å²) in [6.45, 7) is 1.70. The topological polar surface area (TPSA) is 49.3 Å². The van der Waals surface area contributed by atoms with E-state index in [4.69, 9.17) is 28.3 Å². The Bertz CT molecular complexity index is 469. The normalized spacial score (nSPS) is 14.0. The Morgan fingerprint density at radius 1 is 1.47 bits per heavy atom. The van der Waals surface area contributed by atoms with Crippen LogP contribution in [0, 0.1) is 5.82 Å². The third-order valence-corrected chi connectivity index (χ3v) is 4.42. The van der Waals surface area contributed by atoms with E-state index in [2.05, 4.69) is 5.32 Å². The number of hydrogen-bond donors (Lipinski definition) is 2. The molecule has 0 aliphatic heterocycles. The average molecular weight is 326 g/mol. The lowest BCUT2D eigenvalue weighted by atomic mass is 10.1. The van der Waals surface area contributed by atoms with Gasteiger partial charge in [0.2, 0.25) is 0 Å². The zero-order valence-electron chi connectivity index (χ0n) is 10.4. The van der Waals surface area contributed by atoms with Gasteiger partial charge in [-0.15, -0.1) is 0 Å². The van der Waals surface area contributed by atoms with E-state index in [1.807, 2.05) is 6.26 Å². The Kier molecular flexibility index (Phi) is 6.39. The van der Waals surface area contributed by atoms with Gasteiger partial charge in [0.15, 0.2) is 0 Å². The van der Waals surface area contributed by atoms with Crippen LogP contribution in [-0.2, 0) is 0 Å². The van der Waals surface area contributed by atoms with Crippen molar-refractivity contribution in [3.8, 4) is 0 Å². The molecular formula is C12H14Cl2FNO2S. The fraction of sp³-hybridized carbons (Fsp3) is 0.417. The van der Waals surface area contributed by atoms with Gasteiger partial charge in [-0.1, -0.05) is 23.2 Å². The Morgan fingerprint density at radius 3 is 2.63 bits per heavy atom. The lowest BCUT2D eigenvalue weighted by molar-refractivity contribution is 0.0935. The summed E-state index contributed by atoms with van der Waals surface area (Å²) in [6.07, 6.45) is 1.83. The minimum atomic E-state index is -0.701. The summed E-state index contributed by atoms with van der Waals surface area (Å²) in [5.74, 6) is -1.20. The van der Waals surface area contributed by atoms with Crippen molar-refractivity contribution in [2.24, 2.45) is 0 Å². The maximum absolute atomic E-state index is 13.3. The lowest BCUT2D eigenvalue weighted by Gasteiger charge is -2.21. The van der Waals surface area contributed by atoms with Crippen molar-refractivity contribution >= 4 is 40.9 Å². The number of aliphatic hydroxyl groups is 1. The molecule has 0 heterocycles. The molecular weight excluding hydrogens is 312 g/mol. The third kappa shape index (κ3) is 4.24. The van der Waals surface area contributed by atoms with E-state index in [1.54, 1.807) is 6.92 Å². The largest absolute Gasteiger partial charge is 0.395 e. The molecule has 2 unspecified atom stereocenters. The molecule has 1 aromatic rings. The molecule has 19 heavy (non-hydrogen) atoms. The highest BCUT2D eigenvalue weighted by Gasteiger charge is 2.20. The first kappa shape index (κ1) is 16.6. The molecule has 1 aromatic carbocycles. The highest BCUT2D eigenvalue weighted by Crippen LogP contribution is 2.24. The van der Waals surface area contributed by atoms with E-state index in [0.717, 1.165) is 6.07 Å². The number of nitrogens with one attached hydrogen (secondary N) is 1. The molecule has 0 saturated carbocycles. The third-order valence-electron chi connectivity index (χ3n) is 2.65. The highest BCUT2D eigenvalue weighted by atomic mass is 35.5. The monoisotopic (exact) mass is 325 g/mol. The quantitative estimate of drug-likeness (QED) is 0.818. The van der Waals surface area contributed by atoms with Crippen LogP contribution in [0.1, 0.15) is 17.3 Å². The van der Waals surface area contributed by atoms with Crippen LogP contribution in [0.2, 0.25) is 10.0 Å². The van der Waals surface area contributed by atoms with Gasteiger partial charge in [-0.25, -0.2) is 4.39 Å². The molecule has 1 rings (SSSR count). The standard InChI is InChI=1S/C12H14Cl2FNO2S/c1-6(11(5-17)19-2)16-12(18)7-3-10(15)9(14)4-8(7)13/h3-4,6,11,17H,5H2,1-2H3,(H,16,18). The molecule has 0 aromatic heterocycles. The van der Waals surface area contributed by atoms with Crippen molar-refractivity contribution in [1.82, 2.24) is 5.32 Å². The van der Waals surface area contributed by atoms with Gasteiger partial charge < -0.3 is 10.4 Å². The summed E-state index contributed by atoms with van der Waals surface area (Å²) in [7, 11) is 0. The van der Waals surface area contributed by atoms with Gasteiger partial charge >= 0.3 is 0 Å². The summed E-state index contributed by atoms with van der Waals surface area (Å²) >= 11 is 12.9. The number of thioether (sulfide) groups is 1. The van der Waals surface area contributed by atoms with Gasteiger partial charge in [0, 0.05) is 11.3 Å². The van der Waals surface area contributed by atoms with Crippen molar-refractivity contribution in [1.29, 1.82) is 0 Å². The second-order valence-electron chi connectivity index (χ2n) is 3.97. The van der Waals surface area contributed by atoms with Gasteiger partial charge in [0.1, 0.15) is 5.82 Å². The average Bonchev–Trinajstić information content (AvgIpc) is 2.35. The molecule has 1 amide bonds. The van der Waals surface area contributed by atoms with Crippen molar-refractivity contribution in [3.05, 3.63) is 33.6 Å². The molecule has 0 saturated heterocycles. The number of amides is 1. The van der Waals surface area contributed by atoms with E-state index in [9.17, 15) is 9.18 Å². The number of carbonyl (C=O) groups excluding carboxylic acids is 1. The molecule has 0 spiro atoms. The van der Waals surface area contributed by atoms with Crippen molar-refractivity contribution in [3.63, 3.8) is 0 Å². The molecule has 2 atom stereocenters. The smallest absolute Gasteiger partial charge is 0.253 e. The van der Waals surface area contributed by atoms with Crippen LogP contribution in [0.4, 0.5) is 4.39 Å². The second kappa shape index (κ2) is 7.33. The molecule has 0 radical (unpaired) electrons. The van der Waals surface area contributed by atoms with Crippen LogP contribution < -0.4 is 5.32 Å². The number of benzene rings is 1. The minimum Gasteiger partial charge on any atom is -0.395 e. The maximum Gasteiger partial charge on any atom is 0.253 e. The van der Waals surface area contributed by atoms with Crippen molar-refractivity contribution in [2.45, 2.75) is 18.2 Å². The number of aliphatic hydroxyl groups excluding tert-OH is 1. The summed E-state index contributed by atoms with van der Waals surface area (Å²) in [6, 6.07) is 1.91.